The lowest BCUT2D eigenvalue weighted by molar-refractivity contribution is -0.142. The van der Waals surface area contributed by atoms with Gasteiger partial charge in [0, 0.05) is 41.9 Å². The molecule has 1 amide bonds. The predicted molar refractivity (Wildman–Crippen MR) is 110 cm³/mol. The fraction of sp³-hybridized carbons (Fsp3) is 0.273. The Morgan fingerprint density at radius 2 is 2.04 bits per heavy atom. The number of hydrogen-bond acceptors (Lipinski definition) is 4. The molecule has 2 aliphatic heterocycles. The topological polar surface area (TPSA) is 81.7 Å². The summed E-state index contributed by atoms with van der Waals surface area (Å²) in [7, 11) is 0. The highest BCUT2D eigenvalue weighted by Gasteiger charge is 2.26. The molecule has 1 saturated heterocycles. The van der Waals surface area contributed by atoms with Gasteiger partial charge in [0.25, 0.3) is 5.91 Å². The maximum Gasteiger partial charge on any atom is 0.308 e. The van der Waals surface area contributed by atoms with E-state index < -0.39 is 5.97 Å². The molecule has 1 atom stereocenters. The minimum absolute atomic E-state index is 0.110. The number of anilines is 3. The second-order valence-corrected chi connectivity index (χ2v) is 7.32. The van der Waals surface area contributed by atoms with Crippen molar-refractivity contribution in [2.45, 2.75) is 19.8 Å². The minimum atomic E-state index is -0.722. The molecule has 2 aromatic rings. The standard InChI is InChI=1S/C22H23N3O3/c1-14-4-2-6-19-20(14)18(21(26)24-19)12-23-16-7-9-17(10-8-16)25-11-3-5-15(13-25)22(27)28/h2,4,6-10,12,15,23H,3,5,11,13H2,1H3,(H,24,26)(H,27,28). The number of nitrogens with zero attached hydrogens (tertiary/aromatic N) is 1. The summed E-state index contributed by atoms with van der Waals surface area (Å²) in [6, 6.07) is 13.7. The molecule has 6 nitrogen and oxygen atoms in total. The fourth-order valence-electron chi connectivity index (χ4n) is 3.91. The third-order valence-corrected chi connectivity index (χ3v) is 5.42. The molecule has 2 heterocycles. The summed E-state index contributed by atoms with van der Waals surface area (Å²) in [5, 5.41) is 15.4. The number of amides is 1. The largest absolute Gasteiger partial charge is 0.481 e. The molecule has 0 aromatic heterocycles. The maximum absolute atomic E-state index is 12.3. The number of benzene rings is 2. The summed E-state index contributed by atoms with van der Waals surface area (Å²) >= 11 is 0. The molecule has 6 heteroatoms. The Hall–Kier alpha value is -3.28. The van der Waals surface area contributed by atoms with Crippen molar-refractivity contribution in [3.05, 3.63) is 59.8 Å². The van der Waals surface area contributed by atoms with E-state index in [0.717, 1.165) is 47.6 Å². The van der Waals surface area contributed by atoms with Crippen molar-refractivity contribution in [1.29, 1.82) is 0 Å². The molecular formula is C22H23N3O3. The van der Waals surface area contributed by atoms with E-state index in [1.807, 2.05) is 49.4 Å². The van der Waals surface area contributed by atoms with Crippen molar-refractivity contribution in [3.8, 4) is 0 Å². The molecular weight excluding hydrogens is 354 g/mol. The van der Waals surface area contributed by atoms with Gasteiger partial charge in [0.05, 0.1) is 11.5 Å². The molecule has 0 spiro atoms. The minimum Gasteiger partial charge on any atom is -0.481 e. The third kappa shape index (κ3) is 3.45. The SMILES string of the molecule is Cc1cccc2c1C(=CNc1ccc(N3CCCC(C(=O)O)C3)cc1)C(=O)N2. The van der Waals surface area contributed by atoms with Crippen LogP contribution >= 0.6 is 0 Å². The van der Waals surface area contributed by atoms with E-state index in [9.17, 15) is 14.7 Å². The first kappa shape index (κ1) is 18.1. The number of nitrogens with one attached hydrogen (secondary N) is 2. The van der Waals surface area contributed by atoms with Gasteiger partial charge in [-0.3, -0.25) is 9.59 Å². The second-order valence-electron chi connectivity index (χ2n) is 7.32. The van der Waals surface area contributed by atoms with Crippen molar-refractivity contribution >= 4 is 34.5 Å². The summed E-state index contributed by atoms with van der Waals surface area (Å²) in [6.07, 6.45) is 3.36. The van der Waals surface area contributed by atoms with E-state index in [-0.39, 0.29) is 11.8 Å². The molecule has 1 unspecified atom stereocenters. The van der Waals surface area contributed by atoms with Crippen molar-refractivity contribution in [1.82, 2.24) is 0 Å². The number of rotatable bonds is 4. The number of fused-ring (bicyclic) bond motifs is 1. The van der Waals surface area contributed by atoms with E-state index in [1.54, 1.807) is 6.20 Å². The number of aliphatic carboxylic acids is 1. The Kier molecular flexibility index (Phi) is 4.77. The van der Waals surface area contributed by atoms with Gasteiger partial charge in [-0.2, -0.15) is 0 Å². The van der Waals surface area contributed by atoms with Crippen LogP contribution in [0.2, 0.25) is 0 Å². The van der Waals surface area contributed by atoms with Crippen LogP contribution in [0.25, 0.3) is 5.57 Å². The van der Waals surface area contributed by atoms with E-state index in [4.69, 9.17) is 0 Å². The van der Waals surface area contributed by atoms with Gasteiger partial charge in [0.2, 0.25) is 0 Å². The molecule has 4 rings (SSSR count). The van der Waals surface area contributed by atoms with Crippen molar-refractivity contribution in [2.24, 2.45) is 5.92 Å². The summed E-state index contributed by atoms with van der Waals surface area (Å²) in [4.78, 5) is 25.7. The highest BCUT2D eigenvalue weighted by molar-refractivity contribution is 6.32. The lowest BCUT2D eigenvalue weighted by Gasteiger charge is -2.32. The average Bonchev–Trinajstić information content (AvgIpc) is 3.03. The number of carbonyl (C=O) groups excluding carboxylic acids is 1. The monoisotopic (exact) mass is 377 g/mol. The molecule has 0 bridgehead atoms. The number of hydrogen-bond donors (Lipinski definition) is 3. The Labute approximate surface area is 163 Å². The normalized spacial score (nSPS) is 20.0. The van der Waals surface area contributed by atoms with E-state index >= 15 is 0 Å². The van der Waals surface area contributed by atoms with Crippen LogP contribution in [-0.4, -0.2) is 30.1 Å². The molecule has 1 fully saturated rings. The quantitative estimate of drug-likeness (QED) is 0.708. The number of carboxylic acid groups (broad SMARTS) is 1. The van der Waals surface area contributed by atoms with Gasteiger partial charge in [-0.05, 0) is 55.7 Å². The van der Waals surface area contributed by atoms with Gasteiger partial charge in [-0.15, -0.1) is 0 Å². The van der Waals surface area contributed by atoms with Crippen LogP contribution in [0.3, 0.4) is 0 Å². The van der Waals surface area contributed by atoms with Gasteiger partial charge in [0.15, 0.2) is 0 Å². The predicted octanol–water partition coefficient (Wildman–Crippen LogP) is 3.70. The summed E-state index contributed by atoms with van der Waals surface area (Å²) in [6.45, 7) is 3.41. The van der Waals surface area contributed by atoms with Crippen LogP contribution in [0, 0.1) is 12.8 Å². The molecule has 144 valence electrons. The first-order valence-electron chi connectivity index (χ1n) is 9.49. The lowest BCUT2D eigenvalue weighted by Crippen LogP contribution is -2.38. The van der Waals surface area contributed by atoms with Gasteiger partial charge < -0.3 is 20.6 Å². The number of piperidine rings is 1. The van der Waals surface area contributed by atoms with Crippen molar-refractivity contribution in [2.75, 3.05) is 28.6 Å². The molecule has 2 aliphatic rings. The maximum atomic E-state index is 12.3. The zero-order valence-corrected chi connectivity index (χ0v) is 15.7. The zero-order chi connectivity index (χ0) is 19.7. The van der Waals surface area contributed by atoms with Crippen LogP contribution < -0.4 is 15.5 Å². The van der Waals surface area contributed by atoms with E-state index in [0.29, 0.717) is 12.1 Å². The van der Waals surface area contributed by atoms with Gasteiger partial charge in [0.1, 0.15) is 0 Å². The van der Waals surface area contributed by atoms with Crippen LogP contribution in [0.15, 0.2) is 48.7 Å². The molecule has 28 heavy (non-hydrogen) atoms. The lowest BCUT2D eigenvalue weighted by atomic mass is 9.98. The van der Waals surface area contributed by atoms with Crippen molar-refractivity contribution in [3.63, 3.8) is 0 Å². The highest BCUT2D eigenvalue weighted by atomic mass is 16.4. The molecule has 3 N–H and O–H groups in total. The van der Waals surface area contributed by atoms with E-state index in [1.165, 1.54) is 0 Å². The zero-order valence-electron chi connectivity index (χ0n) is 15.7. The molecule has 0 aliphatic carbocycles. The number of carbonyl (C=O) groups is 2. The van der Waals surface area contributed by atoms with Crippen LogP contribution in [0.5, 0.6) is 0 Å². The number of carboxylic acids is 1. The first-order valence-corrected chi connectivity index (χ1v) is 9.49. The van der Waals surface area contributed by atoms with Crippen LogP contribution in [-0.2, 0) is 9.59 Å². The summed E-state index contributed by atoms with van der Waals surface area (Å²) in [5.41, 5.74) is 5.34. The van der Waals surface area contributed by atoms with Crippen LogP contribution in [0.4, 0.5) is 17.1 Å². The van der Waals surface area contributed by atoms with E-state index in [2.05, 4.69) is 15.5 Å². The number of aryl methyl sites for hydroxylation is 1. The van der Waals surface area contributed by atoms with Gasteiger partial charge >= 0.3 is 5.97 Å². The Morgan fingerprint density at radius 3 is 2.79 bits per heavy atom. The molecule has 2 aromatic carbocycles. The molecule has 0 radical (unpaired) electrons. The second kappa shape index (κ2) is 7.38. The molecule has 0 saturated carbocycles. The fourth-order valence-corrected chi connectivity index (χ4v) is 3.91. The Bertz CT molecular complexity index is 950. The summed E-state index contributed by atoms with van der Waals surface area (Å²) in [5.74, 6) is -1.14. The summed E-state index contributed by atoms with van der Waals surface area (Å²) < 4.78 is 0. The Balaban J connectivity index is 1.48. The average molecular weight is 377 g/mol. The first-order chi connectivity index (χ1) is 13.5. The highest BCUT2D eigenvalue weighted by Crippen LogP contribution is 2.34. The Morgan fingerprint density at radius 1 is 1.25 bits per heavy atom. The van der Waals surface area contributed by atoms with Gasteiger partial charge in [-0.1, -0.05) is 12.1 Å². The van der Waals surface area contributed by atoms with Crippen molar-refractivity contribution < 1.29 is 14.7 Å². The van der Waals surface area contributed by atoms with Crippen LogP contribution in [0.1, 0.15) is 24.0 Å². The third-order valence-electron chi connectivity index (χ3n) is 5.42. The smallest absolute Gasteiger partial charge is 0.308 e. The van der Waals surface area contributed by atoms with Gasteiger partial charge in [-0.25, -0.2) is 0 Å².